The van der Waals surface area contributed by atoms with E-state index in [0.29, 0.717) is 5.92 Å². The van der Waals surface area contributed by atoms with Gasteiger partial charge in [-0.25, -0.2) is 0 Å². The monoisotopic (exact) mass is 234 g/mol. The Bertz CT molecular complexity index is 305. The first-order valence-corrected chi connectivity index (χ1v) is 6.56. The molecule has 0 bridgehead atoms. The first-order chi connectivity index (χ1) is 8.11. The Kier molecular flexibility index (Phi) is 6.23. The highest BCUT2D eigenvalue weighted by Crippen LogP contribution is 2.05. The molecule has 17 heavy (non-hydrogen) atoms. The van der Waals surface area contributed by atoms with Crippen molar-refractivity contribution in [3.05, 3.63) is 35.4 Å². The van der Waals surface area contributed by atoms with Gasteiger partial charge in [-0.15, -0.1) is 0 Å². The van der Waals surface area contributed by atoms with Crippen LogP contribution in [0.4, 0.5) is 0 Å². The van der Waals surface area contributed by atoms with Crippen molar-refractivity contribution in [1.82, 2.24) is 4.90 Å². The van der Waals surface area contributed by atoms with Gasteiger partial charge in [0.25, 0.3) is 0 Å². The zero-order valence-corrected chi connectivity index (χ0v) is 11.4. The first-order valence-electron chi connectivity index (χ1n) is 6.56. The highest BCUT2D eigenvalue weighted by molar-refractivity contribution is 5.21. The van der Waals surface area contributed by atoms with E-state index in [1.165, 1.54) is 17.5 Å². The number of nitrogens with two attached hydrogens (primary N) is 1. The van der Waals surface area contributed by atoms with Gasteiger partial charge in [0.2, 0.25) is 0 Å². The number of benzene rings is 1. The van der Waals surface area contributed by atoms with Crippen molar-refractivity contribution < 1.29 is 0 Å². The Morgan fingerprint density at radius 3 is 2.41 bits per heavy atom. The fourth-order valence-corrected chi connectivity index (χ4v) is 1.75. The van der Waals surface area contributed by atoms with Crippen LogP contribution in [-0.4, -0.2) is 31.6 Å². The molecule has 0 aromatic heterocycles. The molecule has 0 saturated heterocycles. The summed E-state index contributed by atoms with van der Waals surface area (Å²) in [6.07, 6.45) is 2.33. The molecule has 0 radical (unpaired) electrons. The van der Waals surface area contributed by atoms with Crippen molar-refractivity contribution in [2.24, 2.45) is 11.7 Å². The van der Waals surface area contributed by atoms with Gasteiger partial charge in [-0.05, 0) is 51.4 Å². The Balaban J connectivity index is 2.23. The lowest BCUT2D eigenvalue weighted by molar-refractivity contribution is 0.310. The van der Waals surface area contributed by atoms with Gasteiger partial charge in [0.1, 0.15) is 0 Å². The lowest BCUT2D eigenvalue weighted by Crippen LogP contribution is -2.25. The van der Waals surface area contributed by atoms with Gasteiger partial charge in [-0.2, -0.15) is 0 Å². The van der Waals surface area contributed by atoms with Crippen LogP contribution in [0.25, 0.3) is 0 Å². The predicted molar refractivity (Wildman–Crippen MR) is 75.2 cm³/mol. The van der Waals surface area contributed by atoms with E-state index in [9.17, 15) is 0 Å². The van der Waals surface area contributed by atoms with Crippen LogP contribution < -0.4 is 5.73 Å². The summed E-state index contributed by atoms with van der Waals surface area (Å²) in [6.45, 7) is 7.41. The predicted octanol–water partition coefficient (Wildman–Crippen LogP) is 2.45. The molecule has 0 fully saturated rings. The molecule has 96 valence electrons. The average Bonchev–Trinajstić information content (AvgIpc) is 2.35. The fourth-order valence-electron chi connectivity index (χ4n) is 1.75. The summed E-state index contributed by atoms with van der Waals surface area (Å²) in [5, 5.41) is 0. The molecule has 2 heteroatoms. The maximum Gasteiger partial charge on any atom is 0.00188 e. The van der Waals surface area contributed by atoms with E-state index in [1.54, 1.807) is 0 Å². The van der Waals surface area contributed by atoms with Crippen molar-refractivity contribution in [2.75, 3.05) is 26.7 Å². The maximum absolute atomic E-state index is 5.62. The molecule has 0 aliphatic rings. The van der Waals surface area contributed by atoms with Gasteiger partial charge in [-0.1, -0.05) is 36.8 Å². The van der Waals surface area contributed by atoms with Gasteiger partial charge < -0.3 is 10.6 Å². The molecule has 0 aliphatic carbocycles. The summed E-state index contributed by atoms with van der Waals surface area (Å²) < 4.78 is 0. The Hall–Kier alpha value is -0.860. The van der Waals surface area contributed by atoms with Gasteiger partial charge in [0, 0.05) is 6.54 Å². The third-order valence-corrected chi connectivity index (χ3v) is 3.31. The second-order valence-corrected chi connectivity index (χ2v) is 5.17. The second kappa shape index (κ2) is 7.46. The third-order valence-electron chi connectivity index (χ3n) is 3.31. The molecule has 2 nitrogen and oxygen atoms in total. The second-order valence-electron chi connectivity index (χ2n) is 5.17. The lowest BCUT2D eigenvalue weighted by atomic mass is 10.1. The molecular formula is C15H26N2. The standard InChI is InChI=1S/C15H26N2/c1-13-4-6-15(7-5-13)9-11-17(3)10-8-14(2)12-16/h4-7,14H,8-12,16H2,1-3H3. The molecule has 1 unspecified atom stereocenters. The molecule has 2 N–H and O–H groups in total. The zero-order chi connectivity index (χ0) is 12.7. The molecule has 1 rings (SSSR count). The van der Waals surface area contributed by atoms with Gasteiger partial charge in [-0.3, -0.25) is 0 Å². The third kappa shape index (κ3) is 5.85. The van der Waals surface area contributed by atoms with Crippen molar-refractivity contribution >= 4 is 0 Å². The molecule has 0 saturated carbocycles. The minimum atomic E-state index is 0.636. The number of hydrogen-bond acceptors (Lipinski definition) is 2. The minimum absolute atomic E-state index is 0.636. The number of rotatable bonds is 7. The molecule has 1 aromatic carbocycles. The van der Waals surface area contributed by atoms with E-state index in [1.807, 2.05) is 0 Å². The summed E-state index contributed by atoms with van der Waals surface area (Å²) in [4.78, 5) is 2.39. The maximum atomic E-state index is 5.62. The molecule has 0 amide bonds. The Morgan fingerprint density at radius 1 is 1.18 bits per heavy atom. The van der Waals surface area contributed by atoms with Gasteiger partial charge >= 0.3 is 0 Å². The topological polar surface area (TPSA) is 29.3 Å². The van der Waals surface area contributed by atoms with Crippen LogP contribution in [0, 0.1) is 12.8 Å². The average molecular weight is 234 g/mol. The van der Waals surface area contributed by atoms with E-state index in [-0.39, 0.29) is 0 Å². The van der Waals surface area contributed by atoms with Crippen LogP contribution >= 0.6 is 0 Å². The summed E-state index contributed by atoms with van der Waals surface area (Å²) in [5.41, 5.74) is 8.38. The van der Waals surface area contributed by atoms with Crippen molar-refractivity contribution in [3.8, 4) is 0 Å². The van der Waals surface area contributed by atoms with Crippen molar-refractivity contribution in [2.45, 2.75) is 26.7 Å². The molecular weight excluding hydrogens is 208 g/mol. The zero-order valence-electron chi connectivity index (χ0n) is 11.4. The van der Waals surface area contributed by atoms with Crippen molar-refractivity contribution in [3.63, 3.8) is 0 Å². The Labute approximate surface area is 106 Å². The number of hydrogen-bond donors (Lipinski definition) is 1. The van der Waals surface area contributed by atoms with Crippen LogP contribution in [0.15, 0.2) is 24.3 Å². The van der Waals surface area contributed by atoms with E-state index in [2.05, 4.69) is 50.1 Å². The van der Waals surface area contributed by atoms with Gasteiger partial charge in [0.05, 0.1) is 0 Å². The smallest absolute Gasteiger partial charge is 0.00188 e. The number of likely N-dealkylation sites (N-methyl/N-ethyl adjacent to an activating group) is 1. The SMILES string of the molecule is Cc1ccc(CCN(C)CCC(C)CN)cc1. The van der Waals surface area contributed by atoms with Crippen LogP contribution in [-0.2, 0) is 6.42 Å². The molecule has 1 aromatic rings. The molecule has 0 heterocycles. The molecule has 1 atom stereocenters. The van der Waals surface area contributed by atoms with E-state index < -0.39 is 0 Å². The van der Waals surface area contributed by atoms with Gasteiger partial charge in [0.15, 0.2) is 0 Å². The quantitative estimate of drug-likeness (QED) is 0.785. The largest absolute Gasteiger partial charge is 0.330 e. The summed E-state index contributed by atoms with van der Waals surface area (Å²) >= 11 is 0. The van der Waals surface area contributed by atoms with Crippen LogP contribution in [0.5, 0.6) is 0 Å². The summed E-state index contributed by atoms with van der Waals surface area (Å²) in [5.74, 6) is 0.636. The minimum Gasteiger partial charge on any atom is -0.330 e. The lowest BCUT2D eigenvalue weighted by Gasteiger charge is -2.18. The van der Waals surface area contributed by atoms with E-state index >= 15 is 0 Å². The van der Waals surface area contributed by atoms with Crippen molar-refractivity contribution in [1.29, 1.82) is 0 Å². The molecule has 0 spiro atoms. The number of nitrogens with zero attached hydrogens (tertiary/aromatic N) is 1. The van der Waals surface area contributed by atoms with Crippen LogP contribution in [0.1, 0.15) is 24.5 Å². The van der Waals surface area contributed by atoms with Crippen LogP contribution in [0.3, 0.4) is 0 Å². The van der Waals surface area contributed by atoms with E-state index in [4.69, 9.17) is 5.73 Å². The Morgan fingerprint density at radius 2 is 1.82 bits per heavy atom. The van der Waals surface area contributed by atoms with Crippen LogP contribution in [0.2, 0.25) is 0 Å². The fraction of sp³-hybridized carbons (Fsp3) is 0.600. The normalized spacial score (nSPS) is 13.0. The van der Waals surface area contributed by atoms with E-state index in [0.717, 1.165) is 26.1 Å². The molecule has 0 aliphatic heterocycles. The summed E-state index contributed by atoms with van der Waals surface area (Å²) in [7, 11) is 2.19. The number of aryl methyl sites for hydroxylation is 1. The highest BCUT2D eigenvalue weighted by Gasteiger charge is 2.03. The highest BCUT2D eigenvalue weighted by atomic mass is 15.1. The summed E-state index contributed by atoms with van der Waals surface area (Å²) in [6, 6.07) is 8.83. The first kappa shape index (κ1) is 14.2.